The Hall–Kier alpha value is -1.33. The summed E-state index contributed by atoms with van der Waals surface area (Å²) in [4.78, 5) is 0. The summed E-state index contributed by atoms with van der Waals surface area (Å²) in [5.41, 5.74) is 4.15. The molecule has 0 aliphatic rings. The molecule has 0 unspecified atom stereocenters. The van der Waals surface area contributed by atoms with Crippen molar-refractivity contribution in [2.75, 3.05) is 0 Å². The largest absolute Gasteiger partial charge is 0.337 e. The monoisotopic (exact) mass is 84.0 g/mol. The van der Waals surface area contributed by atoms with E-state index >= 15 is 0 Å². The van der Waals surface area contributed by atoms with Crippen molar-refractivity contribution in [3.8, 4) is 6.19 Å². The maximum atomic E-state index is 7.10. The van der Waals surface area contributed by atoms with Crippen LogP contribution in [0.25, 0.3) is 0 Å². The molecule has 0 aromatic heterocycles. The third-order valence-corrected chi connectivity index (χ3v) is 0. The normalized spacial score (nSPS) is 2.50. The molecule has 6 heavy (non-hydrogen) atoms. The Morgan fingerprint density at radius 3 is 1.50 bits per heavy atom. The molecule has 0 fully saturated rings. The first-order valence-corrected chi connectivity index (χ1v) is 1.01. The molecule has 0 radical (unpaired) electrons. The molecule has 0 aliphatic carbocycles. The number of nitrogens with one attached hydrogen (secondary N) is 2. The van der Waals surface area contributed by atoms with Gasteiger partial charge in [-0.15, -0.1) is 0 Å². The van der Waals surface area contributed by atoms with E-state index in [2.05, 4.69) is 5.73 Å². The Morgan fingerprint density at radius 1 is 1.50 bits per heavy atom. The molecule has 0 aromatic rings. The maximum absolute atomic E-state index is 7.10. The van der Waals surface area contributed by atoms with E-state index in [-0.39, 0.29) is 0 Å². The van der Waals surface area contributed by atoms with E-state index in [0.29, 0.717) is 0 Å². The first-order valence-electron chi connectivity index (χ1n) is 1.01. The second-order valence-electron chi connectivity index (χ2n) is 0.254. The van der Waals surface area contributed by atoms with Gasteiger partial charge < -0.3 is 5.73 Å². The number of hydrogen-bond acceptors (Lipinski definition) is 4. The van der Waals surface area contributed by atoms with Gasteiger partial charge in [0.25, 0.3) is 0 Å². The van der Waals surface area contributed by atoms with Crippen LogP contribution in [0.2, 0.25) is 0 Å². The van der Waals surface area contributed by atoms with Crippen LogP contribution in [-0.2, 0) is 0 Å². The van der Waals surface area contributed by atoms with Gasteiger partial charge in [0.1, 0.15) is 0 Å². The molecule has 32 valence electrons. The van der Waals surface area contributed by atoms with E-state index in [4.69, 9.17) is 16.1 Å². The third-order valence-electron chi connectivity index (χ3n) is 0. The van der Waals surface area contributed by atoms with Gasteiger partial charge in [-0.1, -0.05) is 0 Å². The van der Waals surface area contributed by atoms with Crippen LogP contribution in [0.15, 0.2) is 0 Å². The molecule has 4 N–H and O–H groups in total. The lowest BCUT2D eigenvalue weighted by molar-refractivity contribution is 1.45. The molecule has 0 spiro atoms. The van der Waals surface area contributed by atoms with Gasteiger partial charge in [-0.3, -0.25) is 0 Å². The first-order chi connectivity index (χ1) is 2.83. The quantitative estimate of drug-likeness (QED) is 0.214. The van der Waals surface area contributed by atoms with E-state index in [9.17, 15) is 0 Å². The molecule has 4 nitrogen and oxygen atoms in total. The zero-order chi connectivity index (χ0) is 5.41. The van der Waals surface area contributed by atoms with Crippen molar-refractivity contribution in [3.05, 3.63) is 0 Å². The van der Waals surface area contributed by atoms with Gasteiger partial charge in [-0.05, 0) is 0 Å². The van der Waals surface area contributed by atoms with E-state index in [0.717, 1.165) is 0 Å². The predicted molar refractivity (Wildman–Crippen MR) is 20.2 cm³/mol. The fourth-order valence-electron chi connectivity index (χ4n) is 0. The van der Waals surface area contributed by atoms with Gasteiger partial charge in [0.2, 0.25) is 0 Å². The smallest absolute Gasteiger partial charge is 0.173 e. The lowest BCUT2D eigenvalue weighted by atomic mass is 11.5. The Bertz CT molecular complexity index is 72.0. The minimum absolute atomic E-state index is 1.25. The number of hydrogen-bond donors (Lipinski definition) is 3. The zero-order valence-corrected chi connectivity index (χ0v) is 3.02. The van der Waals surface area contributed by atoms with E-state index in [1.807, 2.05) is 0 Å². The van der Waals surface area contributed by atoms with Crippen LogP contribution in [0.3, 0.4) is 0 Å². The summed E-state index contributed by atoms with van der Waals surface area (Å²) in [6.07, 6.45) is 1.25. The number of nitrogens with two attached hydrogens (primary N) is 1. The number of nitriles is 1. The lowest BCUT2D eigenvalue weighted by Crippen LogP contribution is -1.69. The van der Waals surface area contributed by atoms with Crippen molar-refractivity contribution in [2.45, 2.75) is 0 Å². The van der Waals surface area contributed by atoms with Crippen molar-refractivity contribution in [2.24, 2.45) is 5.73 Å². The highest BCUT2D eigenvalue weighted by Gasteiger charge is 1.12. The van der Waals surface area contributed by atoms with Crippen molar-refractivity contribution in [1.29, 1.82) is 16.1 Å². The molecule has 0 aromatic carbocycles. The van der Waals surface area contributed by atoms with Gasteiger partial charge >= 0.3 is 0 Å². The van der Waals surface area contributed by atoms with Gasteiger partial charge in [0, 0.05) is 0 Å². The molecule has 4 heteroatoms. The van der Waals surface area contributed by atoms with Crippen molar-refractivity contribution in [3.63, 3.8) is 0 Å². The summed E-state index contributed by atoms with van der Waals surface area (Å²) in [7, 11) is 0. The molecule has 0 aliphatic heterocycles. The molecule has 0 heterocycles. The Morgan fingerprint density at radius 2 is 1.50 bits per heavy atom. The summed E-state index contributed by atoms with van der Waals surface area (Å²) in [6.45, 7) is 0. The van der Waals surface area contributed by atoms with Crippen LogP contribution < -0.4 is 5.73 Å². The summed E-state index contributed by atoms with van der Waals surface area (Å²) in [6, 6.07) is 1.25. The zero-order valence-electron chi connectivity index (χ0n) is 3.02. The molecule has 0 bridgehead atoms. The lowest BCUT2D eigenvalue weighted by Gasteiger charge is -1.24. The van der Waals surface area contributed by atoms with Crippen LogP contribution in [0.1, 0.15) is 0 Å². The van der Waals surface area contributed by atoms with Crippen LogP contribution in [0.5, 0.6) is 0 Å². The van der Waals surface area contributed by atoms with Gasteiger partial charge in [0.05, 0.1) is 6.01 Å². The van der Waals surface area contributed by atoms with Crippen LogP contribution in [0, 0.1) is 22.3 Å². The SMILES string of the molecule is N#CN.N=C=N. The van der Waals surface area contributed by atoms with Crippen molar-refractivity contribution in [1.82, 2.24) is 0 Å². The minimum Gasteiger partial charge on any atom is -0.337 e. The van der Waals surface area contributed by atoms with E-state index in [1.165, 1.54) is 12.2 Å². The predicted octanol–water partition coefficient (Wildman–Crippen LogP) is -0.256. The summed E-state index contributed by atoms with van der Waals surface area (Å²) in [5.74, 6) is 0. The molecule has 0 amide bonds. The summed E-state index contributed by atoms with van der Waals surface area (Å²) < 4.78 is 0. The number of nitrogens with zero attached hydrogens (tertiary/aromatic N) is 1. The molecule has 0 rings (SSSR count). The highest BCUT2D eigenvalue weighted by Crippen LogP contribution is 0.920. The standard InChI is InChI=1S/2CH2N2/c2*2-1-3/h2H2;2-3H. The average Bonchev–Trinajstić information content (AvgIpc) is 1.39. The molecular formula is C2H4N4. The highest BCUT2D eigenvalue weighted by molar-refractivity contribution is 5.29. The summed E-state index contributed by atoms with van der Waals surface area (Å²) >= 11 is 0. The molecule has 0 saturated heterocycles. The van der Waals surface area contributed by atoms with Crippen molar-refractivity contribution >= 4 is 6.01 Å². The van der Waals surface area contributed by atoms with Gasteiger partial charge in [-0.2, -0.15) is 5.26 Å². The fourth-order valence-corrected chi connectivity index (χ4v) is 0. The van der Waals surface area contributed by atoms with Crippen LogP contribution in [-0.4, -0.2) is 6.01 Å². The minimum atomic E-state index is 1.25. The second kappa shape index (κ2) is 58.3. The Labute approximate surface area is 35.2 Å². The van der Waals surface area contributed by atoms with Crippen LogP contribution >= 0.6 is 0 Å². The third kappa shape index (κ3) is 4.21. The van der Waals surface area contributed by atoms with E-state index < -0.39 is 0 Å². The topological polar surface area (TPSA) is 97.5 Å². The number of rotatable bonds is 0. The highest BCUT2D eigenvalue weighted by atomic mass is 14.5. The fraction of sp³-hybridized carbons (Fsp3) is 0. The summed E-state index contributed by atoms with van der Waals surface area (Å²) in [5, 5.41) is 18.3. The second-order valence-corrected chi connectivity index (χ2v) is 0.254. The van der Waals surface area contributed by atoms with Gasteiger partial charge in [-0.25, -0.2) is 10.8 Å². The van der Waals surface area contributed by atoms with Crippen molar-refractivity contribution < 1.29 is 0 Å². The van der Waals surface area contributed by atoms with E-state index in [1.54, 1.807) is 0 Å². The van der Waals surface area contributed by atoms with Crippen LogP contribution in [0.4, 0.5) is 0 Å². The first kappa shape index (κ1) is 8.82. The maximum Gasteiger partial charge on any atom is 0.173 e. The average molecular weight is 84.1 g/mol. The molecular weight excluding hydrogens is 80.0 g/mol. The molecule has 0 saturated carbocycles. The Kier molecular flexibility index (Phi) is 85.7. The van der Waals surface area contributed by atoms with Gasteiger partial charge in [0.15, 0.2) is 6.19 Å². The molecule has 0 atom stereocenters. The Balaban J connectivity index is 0.